The quantitative estimate of drug-likeness (QED) is 0.716. The number of primary sulfonamides is 1. The minimum Gasteiger partial charge on any atom is -0.354 e. The van der Waals surface area contributed by atoms with E-state index < -0.39 is 10.0 Å². The van der Waals surface area contributed by atoms with Crippen LogP contribution >= 0.6 is 0 Å². The smallest absolute Gasteiger partial charge is 0.238 e. The highest BCUT2D eigenvalue weighted by Gasteiger charge is 2.23. The van der Waals surface area contributed by atoms with Crippen molar-refractivity contribution in [1.82, 2.24) is 10.6 Å². The molecule has 1 heterocycles. The van der Waals surface area contributed by atoms with Crippen molar-refractivity contribution in [2.45, 2.75) is 30.3 Å². The number of rotatable bonds is 4. The number of nitrogens with one attached hydrogen (secondary N) is 2. The van der Waals surface area contributed by atoms with E-state index in [0.29, 0.717) is 13.0 Å². The van der Waals surface area contributed by atoms with Crippen LogP contribution in [0.15, 0.2) is 29.2 Å². The third kappa shape index (κ3) is 3.52. The molecule has 0 saturated carbocycles. The summed E-state index contributed by atoms with van der Waals surface area (Å²) in [7, 11) is -3.69. The molecule has 6 nitrogen and oxygen atoms in total. The van der Waals surface area contributed by atoms with Crippen molar-refractivity contribution in [3.63, 3.8) is 0 Å². The van der Waals surface area contributed by atoms with Gasteiger partial charge in [0, 0.05) is 25.0 Å². The summed E-state index contributed by atoms with van der Waals surface area (Å²) in [5.41, 5.74) is 0.825. The first-order valence-electron chi connectivity index (χ1n) is 6.02. The predicted octanol–water partition coefficient (Wildman–Crippen LogP) is -0.127. The van der Waals surface area contributed by atoms with Gasteiger partial charge in [-0.3, -0.25) is 4.79 Å². The number of sulfonamides is 1. The van der Waals surface area contributed by atoms with Crippen LogP contribution in [0.1, 0.15) is 24.9 Å². The van der Waals surface area contributed by atoms with Gasteiger partial charge in [0.2, 0.25) is 15.9 Å². The molecule has 1 aromatic carbocycles. The fourth-order valence-corrected chi connectivity index (χ4v) is 2.70. The summed E-state index contributed by atoms with van der Waals surface area (Å²) in [6, 6.07) is 6.52. The Morgan fingerprint density at radius 1 is 1.47 bits per heavy atom. The monoisotopic (exact) mass is 283 g/mol. The zero-order chi connectivity index (χ0) is 14.0. The Kier molecular flexibility index (Phi) is 3.88. The summed E-state index contributed by atoms with van der Waals surface area (Å²) in [4.78, 5) is 11.2. The van der Waals surface area contributed by atoms with Crippen molar-refractivity contribution in [3.8, 4) is 0 Å². The van der Waals surface area contributed by atoms with E-state index in [2.05, 4.69) is 10.6 Å². The Labute approximate surface area is 112 Å². The Morgan fingerprint density at radius 3 is 2.79 bits per heavy atom. The fraction of sp³-hybridized carbons (Fsp3) is 0.417. The summed E-state index contributed by atoms with van der Waals surface area (Å²) >= 11 is 0. The lowest BCUT2D eigenvalue weighted by atomic mass is 10.1. The lowest BCUT2D eigenvalue weighted by molar-refractivity contribution is -0.119. The molecule has 1 amide bonds. The van der Waals surface area contributed by atoms with Crippen molar-refractivity contribution in [2.24, 2.45) is 5.14 Å². The number of carbonyl (C=O) groups is 1. The molecule has 0 aliphatic carbocycles. The molecule has 0 radical (unpaired) electrons. The van der Waals surface area contributed by atoms with Crippen LogP contribution < -0.4 is 15.8 Å². The Hall–Kier alpha value is -1.44. The van der Waals surface area contributed by atoms with E-state index in [9.17, 15) is 13.2 Å². The minimum atomic E-state index is -3.69. The van der Waals surface area contributed by atoms with Crippen LogP contribution in [-0.2, 0) is 14.8 Å². The molecule has 0 bridgehead atoms. The average molecular weight is 283 g/mol. The van der Waals surface area contributed by atoms with Crippen molar-refractivity contribution in [1.29, 1.82) is 0 Å². The van der Waals surface area contributed by atoms with Crippen molar-refractivity contribution >= 4 is 15.9 Å². The summed E-state index contributed by atoms with van der Waals surface area (Å²) in [5.74, 6) is 0.0305. The molecule has 2 atom stereocenters. The fourth-order valence-electron chi connectivity index (χ4n) is 2.13. The molecule has 0 aromatic heterocycles. The standard InChI is InChI=1S/C12H17N3O3S/c1-8(15-10-6-12(16)14-7-10)9-3-2-4-11(5-9)19(13,17)18/h2-5,8,10,15H,6-7H2,1H3,(H,14,16)(H2,13,17,18). The normalized spacial score (nSPS) is 21.2. The lowest BCUT2D eigenvalue weighted by Crippen LogP contribution is -2.33. The van der Waals surface area contributed by atoms with Gasteiger partial charge in [-0.15, -0.1) is 0 Å². The van der Waals surface area contributed by atoms with Crippen molar-refractivity contribution in [2.75, 3.05) is 6.54 Å². The second kappa shape index (κ2) is 5.28. The summed E-state index contributed by atoms with van der Waals surface area (Å²) in [6.45, 7) is 2.52. The maximum Gasteiger partial charge on any atom is 0.238 e. The lowest BCUT2D eigenvalue weighted by Gasteiger charge is -2.18. The molecular weight excluding hydrogens is 266 g/mol. The van der Waals surface area contributed by atoms with Gasteiger partial charge in [-0.2, -0.15) is 0 Å². The average Bonchev–Trinajstić information content (AvgIpc) is 2.74. The molecule has 1 saturated heterocycles. The van der Waals surface area contributed by atoms with Gasteiger partial charge in [-0.05, 0) is 24.6 Å². The third-order valence-electron chi connectivity index (χ3n) is 3.15. The van der Waals surface area contributed by atoms with Gasteiger partial charge < -0.3 is 10.6 Å². The zero-order valence-electron chi connectivity index (χ0n) is 10.6. The maximum atomic E-state index is 11.3. The van der Waals surface area contributed by atoms with Gasteiger partial charge in [0.05, 0.1) is 4.90 Å². The third-order valence-corrected chi connectivity index (χ3v) is 4.06. The first kappa shape index (κ1) is 14.0. The molecular formula is C12H17N3O3S. The molecule has 7 heteroatoms. The molecule has 1 aromatic rings. The molecule has 1 aliphatic rings. The second-order valence-corrected chi connectivity index (χ2v) is 6.27. The van der Waals surface area contributed by atoms with Crippen LogP contribution in [0.2, 0.25) is 0 Å². The zero-order valence-corrected chi connectivity index (χ0v) is 11.4. The van der Waals surface area contributed by atoms with E-state index in [-0.39, 0.29) is 22.9 Å². The maximum absolute atomic E-state index is 11.3. The number of hydrogen-bond donors (Lipinski definition) is 3. The van der Waals surface area contributed by atoms with Gasteiger partial charge in [-0.25, -0.2) is 13.6 Å². The van der Waals surface area contributed by atoms with Gasteiger partial charge in [0.1, 0.15) is 0 Å². The van der Waals surface area contributed by atoms with Crippen LogP contribution in [0.3, 0.4) is 0 Å². The first-order valence-corrected chi connectivity index (χ1v) is 7.56. The summed E-state index contributed by atoms with van der Waals surface area (Å²) in [5, 5.41) is 11.1. The Morgan fingerprint density at radius 2 is 2.21 bits per heavy atom. The van der Waals surface area contributed by atoms with Gasteiger partial charge >= 0.3 is 0 Å². The number of hydrogen-bond acceptors (Lipinski definition) is 4. The minimum absolute atomic E-state index is 0.0305. The van der Waals surface area contributed by atoms with E-state index in [1.165, 1.54) is 6.07 Å². The van der Waals surface area contributed by atoms with Crippen LogP contribution in [0.5, 0.6) is 0 Å². The number of nitrogens with two attached hydrogens (primary N) is 1. The van der Waals surface area contributed by atoms with Crippen LogP contribution in [0.25, 0.3) is 0 Å². The first-order chi connectivity index (χ1) is 8.86. The molecule has 2 rings (SSSR count). The molecule has 1 fully saturated rings. The predicted molar refractivity (Wildman–Crippen MR) is 70.8 cm³/mol. The number of amides is 1. The van der Waals surface area contributed by atoms with Crippen LogP contribution in [-0.4, -0.2) is 26.9 Å². The topological polar surface area (TPSA) is 101 Å². The van der Waals surface area contributed by atoms with Crippen LogP contribution in [0.4, 0.5) is 0 Å². The molecule has 19 heavy (non-hydrogen) atoms. The van der Waals surface area contributed by atoms with E-state index in [0.717, 1.165) is 5.56 Å². The summed E-state index contributed by atoms with van der Waals surface area (Å²) < 4.78 is 22.6. The van der Waals surface area contributed by atoms with Gasteiger partial charge in [0.15, 0.2) is 0 Å². The molecule has 2 unspecified atom stereocenters. The van der Waals surface area contributed by atoms with E-state index in [1.807, 2.05) is 13.0 Å². The Bertz CT molecular complexity index is 586. The van der Waals surface area contributed by atoms with Gasteiger partial charge in [0.25, 0.3) is 0 Å². The van der Waals surface area contributed by atoms with Gasteiger partial charge in [-0.1, -0.05) is 12.1 Å². The van der Waals surface area contributed by atoms with Crippen molar-refractivity contribution in [3.05, 3.63) is 29.8 Å². The highest BCUT2D eigenvalue weighted by atomic mass is 32.2. The highest BCUT2D eigenvalue weighted by molar-refractivity contribution is 7.89. The largest absolute Gasteiger partial charge is 0.354 e. The molecule has 4 N–H and O–H groups in total. The molecule has 0 spiro atoms. The highest BCUT2D eigenvalue weighted by Crippen LogP contribution is 2.18. The SMILES string of the molecule is CC(NC1CNC(=O)C1)c1cccc(S(N)(=O)=O)c1. The molecule has 1 aliphatic heterocycles. The number of carbonyl (C=O) groups excluding carboxylic acids is 1. The van der Waals surface area contributed by atoms with Crippen molar-refractivity contribution < 1.29 is 13.2 Å². The van der Waals surface area contributed by atoms with E-state index in [4.69, 9.17) is 5.14 Å². The summed E-state index contributed by atoms with van der Waals surface area (Å²) in [6.07, 6.45) is 0.444. The van der Waals surface area contributed by atoms with E-state index in [1.54, 1.807) is 12.1 Å². The molecule has 104 valence electrons. The number of benzene rings is 1. The van der Waals surface area contributed by atoms with E-state index >= 15 is 0 Å². The Balaban J connectivity index is 2.11. The van der Waals surface area contributed by atoms with Crippen LogP contribution in [0, 0.1) is 0 Å². The second-order valence-electron chi connectivity index (χ2n) is 4.71.